The van der Waals surface area contributed by atoms with E-state index in [1.807, 2.05) is 4.90 Å². The van der Waals surface area contributed by atoms with Crippen molar-refractivity contribution in [2.75, 3.05) is 25.0 Å². The number of nitrogens with one attached hydrogen (secondary N) is 1. The van der Waals surface area contributed by atoms with Crippen LogP contribution < -0.4 is 5.32 Å². The van der Waals surface area contributed by atoms with Crippen molar-refractivity contribution < 1.29 is 22.0 Å². The van der Waals surface area contributed by atoms with E-state index in [1.165, 1.54) is 24.6 Å². The Morgan fingerprint density at radius 2 is 1.67 bits per heavy atom. The molecule has 0 aliphatic carbocycles. The van der Waals surface area contributed by atoms with Gasteiger partial charge in [-0.2, -0.15) is 8.78 Å². The minimum atomic E-state index is -4.76. The Morgan fingerprint density at radius 3 is 2.29 bits per heavy atom. The van der Waals surface area contributed by atoms with Crippen LogP contribution >= 0.6 is 0 Å². The number of benzene rings is 1. The van der Waals surface area contributed by atoms with Crippen LogP contribution in [0.25, 0.3) is 0 Å². The monoisotopic (exact) mass is 360 g/mol. The highest BCUT2D eigenvalue weighted by atomic mass is 32.2. The van der Waals surface area contributed by atoms with Gasteiger partial charge in [-0.3, -0.25) is 9.69 Å². The lowest BCUT2D eigenvalue weighted by atomic mass is 10.1. The van der Waals surface area contributed by atoms with Crippen molar-refractivity contribution >= 4 is 21.4 Å². The Morgan fingerprint density at radius 1 is 1.08 bits per heavy atom. The van der Waals surface area contributed by atoms with Crippen LogP contribution in [-0.2, 0) is 14.6 Å². The van der Waals surface area contributed by atoms with E-state index < -0.39 is 26.4 Å². The third-order valence-electron chi connectivity index (χ3n) is 4.02. The van der Waals surface area contributed by atoms with E-state index >= 15 is 0 Å². The number of halogens is 2. The number of amides is 1. The number of hydrogen-bond donors (Lipinski definition) is 1. The van der Waals surface area contributed by atoms with E-state index in [9.17, 15) is 22.0 Å². The van der Waals surface area contributed by atoms with Gasteiger partial charge in [0.25, 0.3) is 0 Å². The zero-order valence-electron chi connectivity index (χ0n) is 13.4. The molecule has 0 spiro atoms. The molecule has 1 amide bonds. The van der Waals surface area contributed by atoms with Crippen molar-refractivity contribution in [1.29, 1.82) is 0 Å². The first-order valence-electron chi connectivity index (χ1n) is 8.04. The Hall–Kier alpha value is -1.54. The molecule has 0 radical (unpaired) electrons. The molecule has 2 rings (SSSR count). The lowest BCUT2D eigenvalue weighted by Gasteiger charge is -2.24. The summed E-state index contributed by atoms with van der Waals surface area (Å²) in [6.45, 7) is 1.75. The zero-order chi connectivity index (χ0) is 17.6. The molecule has 1 aliphatic heterocycles. The maximum atomic E-state index is 12.8. The maximum absolute atomic E-state index is 12.8. The molecule has 0 unspecified atom stereocenters. The molecule has 1 saturated heterocycles. The number of carbonyl (C=O) groups is 1. The van der Waals surface area contributed by atoms with Gasteiger partial charge in [0.05, 0.1) is 17.1 Å². The van der Waals surface area contributed by atoms with Crippen LogP contribution in [0.5, 0.6) is 0 Å². The van der Waals surface area contributed by atoms with Crippen LogP contribution in [0.4, 0.5) is 14.5 Å². The molecule has 1 aromatic carbocycles. The third kappa shape index (κ3) is 4.98. The smallest absolute Gasteiger partial charge is 0.324 e. The molecule has 5 nitrogen and oxygen atoms in total. The van der Waals surface area contributed by atoms with Crippen LogP contribution in [0.1, 0.15) is 32.1 Å². The van der Waals surface area contributed by atoms with Gasteiger partial charge in [0.2, 0.25) is 15.7 Å². The van der Waals surface area contributed by atoms with Crippen LogP contribution in [0.3, 0.4) is 0 Å². The van der Waals surface area contributed by atoms with Gasteiger partial charge in [-0.15, -0.1) is 0 Å². The second-order valence-corrected chi connectivity index (χ2v) is 7.78. The lowest BCUT2D eigenvalue weighted by molar-refractivity contribution is -0.117. The average Bonchev–Trinajstić information content (AvgIpc) is 2.50. The molecule has 1 heterocycles. The van der Waals surface area contributed by atoms with Crippen LogP contribution in [-0.4, -0.2) is 44.6 Å². The Balaban J connectivity index is 2.06. The predicted molar refractivity (Wildman–Crippen MR) is 87.8 cm³/mol. The Labute approximate surface area is 141 Å². The average molecular weight is 360 g/mol. The van der Waals surface area contributed by atoms with E-state index in [0.29, 0.717) is 0 Å². The summed E-state index contributed by atoms with van der Waals surface area (Å²) in [6.07, 6.45) is 5.51. The topological polar surface area (TPSA) is 66.5 Å². The van der Waals surface area contributed by atoms with E-state index in [2.05, 4.69) is 5.32 Å². The molecule has 0 aromatic heterocycles. The standard InChI is InChI=1S/C16H22F2N2O3S/c17-16(18)24(22,23)14-9-5-4-8-13(14)19-15(21)12-20-10-6-2-1-3-7-11-20/h4-5,8-9,16H,1-3,6-7,10-12H2,(H,19,21). The number of para-hydroxylation sites is 1. The molecule has 8 heteroatoms. The van der Waals surface area contributed by atoms with Crippen molar-refractivity contribution in [2.45, 2.75) is 42.8 Å². The second kappa shape index (κ2) is 8.53. The fourth-order valence-corrected chi connectivity index (χ4v) is 3.66. The van der Waals surface area contributed by atoms with Crippen LogP contribution in [0, 0.1) is 0 Å². The van der Waals surface area contributed by atoms with Gasteiger partial charge in [0.15, 0.2) is 0 Å². The summed E-state index contributed by atoms with van der Waals surface area (Å²) in [5.74, 6) is -3.92. The van der Waals surface area contributed by atoms with Crippen molar-refractivity contribution in [2.24, 2.45) is 0 Å². The fourth-order valence-electron chi connectivity index (χ4n) is 2.78. The molecular weight excluding hydrogens is 338 g/mol. The quantitative estimate of drug-likeness (QED) is 0.877. The number of sulfone groups is 1. The van der Waals surface area contributed by atoms with E-state index in [-0.39, 0.29) is 12.2 Å². The minimum Gasteiger partial charge on any atom is -0.324 e. The highest BCUT2D eigenvalue weighted by molar-refractivity contribution is 7.91. The van der Waals surface area contributed by atoms with E-state index in [4.69, 9.17) is 0 Å². The summed E-state index contributed by atoms with van der Waals surface area (Å²) in [4.78, 5) is 13.7. The summed E-state index contributed by atoms with van der Waals surface area (Å²) in [7, 11) is -4.76. The number of hydrogen-bond acceptors (Lipinski definition) is 4. The maximum Gasteiger partial charge on any atom is 0.341 e. The molecule has 1 aromatic rings. The normalized spacial score (nSPS) is 17.3. The third-order valence-corrected chi connectivity index (χ3v) is 5.46. The number of nitrogens with zero attached hydrogens (tertiary/aromatic N) is 1. The molecule has 1 fully saturated rings. The van der Waals surface area contributed by atoms with Gasteiger partial charge in [0, 0.05) is 0 Å². The van der Waals surface area contributed by atoms with Crippen LogP contribution in [0.2, 0.25) is 0 Å². The second-order valence-electron chi connectivity index (χ2n) is 5.89. The van der Waals surface area contributed by atoms with E-state index in [1.54, 1.807) is 0 Å². The highest BCUT2D eigenvalue weighted by Gasteiger charge is 2.29. The molecule has 1 N–H and O–H groups in total. The van der Waals surface area contributed by atoms with Crippen molar-refractivity contribution in [3.05, 3.63) is 24.3 Å². The van der Waals surface area contributed by atoms with Crippen molar-refractivity contribution in [1.82, 2.24) is 4.90 Å². The first kappa shape index (κ1) is 18.8. The molecular formula is C16H22F2N2O3S. The molecule has 0 bridgehead atoms. The number of carbonyl (C=O) groups excluding carboxylic acids is 1. The summed E-state index contributed by atoms with van der Waals surface area (Å²) in [6, 6.07) is 5.24. The predicted octanol–water partition coefficient (Wildman–Crippen LogP) is 2.89. The van der Waals surface area contributed by atoms with Crippen molar-refractivity contribution in [3.63, 3.8) is 0 Å². The summed E-state index contributed by atoms with van der Waals surface area (Å²) >= 11 is 0. The largest absolute Gasteiger partial charge is 0.341 e. The minimum absolute atomic E-state index is 0.102. The molecule has 134 valence electrons. The SMILES string of the molecule is O=C(CN1CCCCCCC1)Nc1ccccc1S(=O)(=O)C(F)F. The first-order valence-corrected chi connectivity index (χ1v) is 9.59. The van der Waals surface area contributed by atoms with Gasteiger partial charge < -0.3 is 5.32 Å². The van der Waals surface area contributed by atoms with Gasteiger partial charge >= 0.3 is 5.76 Å². The van der Waals surface area contributed by atoms with Gasteiger partial charge in [-0.05, 0) is 38.1 Å². The number of likely N-dealkylation sites (tertiary alicyclic amines) is 1. The van der Waals surface area contributed by atoms with Gasteiger partial charge in [0.1, 0.15) is 0 Å². The van der Waals surface area contributed by atoms with Crippen LogP contribution in [0.15, 0.2) is 29.2 Å². The number of alkyl halides is 2. The highest BCUT2D eigenvalue weighted by Crippen LogP contribution is 2.26. The Kier molecular flexibility index (Phi) is 6.68. The first-order chi connectivity index (χ1) is 11.4. The number of rotatable bonds is 5. The molecule has 24 heavy (non-hydrogen) atoms. The Bertz CT molecular complexity index is 657. The summed E-state index contributed by atoms with van der Waals surface area (Å²) < 4.78 is 48.9. The molecule has 0 saturated carbocycles. The lowest BCUT2D eigenvalue weighted by Crippen LogP contribution is -2.35. The number of anilines is 1. The zero-order valence-corrected chi connectivity index (χ0v) is 14.2. The van der Waals surface area contributed by atoms with Gasteiger partial charge in [-0.25, -0.2) is 8.42 Å². The fraction of sp³-hybridized carbons (Fsp3) is 0.562. The van der Waals surface area contributed by atoms with Crippen molar-refractivity contribution in [3.8, 4) is 0 Å². The van der Waals surface area contributed by atoms with E-state index in [0.717, 1.165) is 44.8 Å². The summed E-state index contributed by atoms with van der Waals surface area (Å²) in [5, 5.41) is 2.46. The molecule has 0 atom stereocenters. The summed E-state index contributed by atoms with van der Waals surface area (Å²) in [5.41, 5.74) is -0.102. The molecule has 1 aliphatic rings. The van der Waals surface area contributed by atoms with Gasteiger partial charge in [-0.1, -0.05) is 31.4 Å².